The first-order chi connectivity index (χ1) is 41.7. The number of nitrogens with one attached hydrogen (secondary N) is 2. The number of carbonyl (C=O) groups is 3. The smallest absolute Gasteiger partial charge is 0.307 e. The predicted molar refractivity (Wildman–Crippen MR) is 358 cm³/mol. The lowest BCUT2D eigenvalue weighted by molar-refractivity contribution is -0.136. The maximum atomic E-state index is 14.1. The Kier molecular flexibility index (Phi) is 28.6. The van der Waals surface area contributed by atoms with Crippen molar-refractivity contribution in [2.24, 2.45) is 5.14 Å². The van der Waals surface area contributed by atoms with E-state index in [4.69, 9.17) is 10.2 Å². The number of benzene rings is 3. The van der Waals surface area contributed by atoms with Crippen molar-refractivity contribution in [3.05, 3.63) is 137 Å². The van der Waals surface area contributed by atoms with Gasteiger partial charge in [0.1, 0.15) is 17.5 Å². The van der Waals surface area contributed by atoms with Crippen LogP contribution in [0.1, 0.15) is 252 Å². The molecule has 3 aromatic carbocycles. The molecular formula is C65H93F3N6O11S6. The van der Waals surface area contributed by atoms with Gasteiger partial charge < -0.3 is 10.2 Å². The number of thiazole rings is 3. The third-order valence-corrected chi connectivity index (χ3v) is 24.4. The lowest BCUT2D eigenvalue weighted by Gasteiger charge is -2.20. The summed E-state index contributed by atoms with van der Waals surface area (Å²) in [6.45, 7) is 38.7. The summed E-state index contributed by atoms with van der Waals surface area (Å²) < 4.78 is 118. The molecule has 91 heavy (non-hydrogen) atoms. The molecular weight excluding hydrogens is 1290 g/mol. The number of carboxylic acids is 1. The second kappa shape index (κ2) is 32.6. The van der Waals surface area contributed by atoms with Crippen LogP contribution in [0.2, 0.25) is 0 Å². The van der Waals surface area contributed by atoms with Crippen LogP contribution in [0.4, 0.5) is 13.2 Å². The Morgan fingerprint density at radius 3 is 0.934 bits per heavy atom. The molecule has 3 heterocycles. The van der Waals surface area contributed by atoms with Gasteiger partial charge in [-0.1, -0.05) is 138 Å². The molecule has 0 spiro atoms. The minimum Gasteiger partial charge on any atom is -0.481 e. The third-order valence-electron chi connectivity index (χ3n) is 15.4. The van der Waals surface area contributed by atoms with Crippen molar-refractivity contribution < 1.29 is 63.0 Å². The van der Waals surface area contributed by atoms with E-state index in [1.54, 1.807) is 26.2 Å². The number of hydrogen-bond donors (Lipinski definition) is 5. The first-order valence-corrected chi connectivity index (χ1v) is 36.9. The molecule has 17 nitrogen and oxygen atoms in total. The number of aliphatic hydroxyl groups excluding tert-OH is 1. The number of hydrogen-bond acceptors (Lipinski definition) is 16. The highest BCUT2D eigenvalue weighted by Gasteiger charge is 2.31. The van der Waals surface area contributed by atoms with Gasteiger partial charge in [0.2, 0.25) is 24.8 Å². The second-order valence-electron chi connectivity index (χ2n) is 26.1. The first kappa shape index (κ1) is 79.8. The van der Waals surface area contributed by atoms with Crippen molar-refractivity contribution in [2.45, 2.75) is 235 Å². The number of aliphatic hydroxyl groups is 1. The van der Waals surface area contributed by atoms with Gasteiger partial charge in [-0.05, 0) is 135 Å². The molecule has 0 aliphatic heterocycles. The maximum Gasteiger partial charge on any atom is 0.307 e. The van der Waals surface area contributed by atoms with E-state index in [2.05, 4.69) is 31.3 Å². The molecule has 6 aromatic rings. The van der Waals surface area contributed by atoms with Crippen LogP contribution in [0.15, 0.2) is 68.0 Å². The van der Waals surface area contributed by atoms with Crippen LogP contribution >= 0.6 is 34.0 Å². The first-order valence-electron chi connectivity index (χ1n) is 30.0. The number of amides is 2. The number of halogens is 3. The second-order valence-corrected chi connectivity index (χ2v) is 34.7. The average Bonchev–Trinajstić information content (AvgIpc) is 1.49. The van der Waals surface area contributed by atoms with Crippen molar-refractivity contribution in [1.82, 2.24) is 24.4 Å². The van der Waals surface area contributed by atoms with Crippen LogP contribution < -0.4 is 14.6 Å². The molecule has 6 rings (SSSR count). The fourth-order valence-electron chi connectivity index (χ4n) is 9.19. The van der Waals surface area contributed by atoms with Crippen LogP contribution in [0, 0.1) is 17.5 Å². The molecule has 0 aliphatic rings. The molecule has 0 atom stereocenters. The number of rotatable bonds is 23. The van der Waals surface area contributed by atoms with Gasteiger partial charge in [0.15, 0.2) is 0 Å². The Hall–Kier alpha value is -5.48. The number of primary sulfonamides is 1. The van der Waals surface area contributed by atoms with Crippen molar-refractivity contribution in [1.29, 1.82) is 0 Å². The number of sulfonamides is 3. The minimum absolute atomic E-state index is 0.00426. The van der Waals surface area contributed by atoms with Crippen molar-refractivity contribution in [3.63, 3.8) is 0 Å². The molecule has 0 saturated heterocycles. The SMILES string of the molecule is CC(C)c1cc(F)cc(C(C)C)c1CC(=O)NS(=O)(=O)c1ncc(C(C)(C)CO)s1.CC(C)c1cc(F)cc(C(C)C)c1CC(=O)O.CCC(C)(C)c1cnc(S(=O)(=O)NC(=O)Cc2c(C(C)C)cc(F)cc2C(C)C)s1.CCC(C)(C)c1cnc(S(N)(=O)=O)s1. The highest BCUT2D eigenvalue weighted by molar-refractivity contribution is 7.92. The Labute approximate surface area is 549 Å². The highest BCUT2D eigenvalue weighted by atomic mass is 32.3. The van der Waals surface area contributed by atoms with E-state index < -0.39 is 53.3 Å². The van der Waals surface area contributed by atoms with Crippen LogP contribution in [0.25, 0.3) is 0 Å². The average molecular weight is 1380 g/mol. The van der Waals surface area contributed by atoms with Gasteiger partial charge in [0.05, 0.1) is 25.9 Å². The fraction of sp³-hybridized carbons (Fsp3) is 0.538. The monoisotopic (exact) mass is 1380 g/mol. The molecule has 0 saturated carbocycles. The molecule has 3 aromatic heterocycles. The predicted octanol–water partition coefficient (Wildman–Crippen LogP) is 14.3. The standard InChI is InChI=1S/C22H31FN2O3S2.C21H29FN2O4S2.C14H19FO2.C8H14N2O2S2/c1-8-22(6,7)19-12-24-21(29-19)30(27,28)25-20(26)11-18-16(13(2)3)9-15(23)10-17(18)14(4)5;1-12(2)15-7-14(22)8-16(13(3)4)17(15)9-19(26)24-30(27,28)20-23-10-18(29-20)21(5,6)11-25;1-8(2)11-5-10(15)6-12(9(3)4)13(11)7-14(16)17;1-4-8(2,3)6-5-10-7(13-6)14(9,11)12/h9-10,12-14H,8,11H2,1-7H3,(H,25,26);7-8,10,12-13,25H,9,11H2,1-6H3,(H,24,26);5-6,8-9H,7H2,1-4H3,(H,16,17);5H,4H2,1-3H3,(H2,9,11,12). The van der Waals surface area contributed by atoms with E-state index in [1.165, 1.54) is 42.6 Å². The van der Waals surface area contributed by atoms with E-state index in [0.717, 1.165) is 73.3 Å². The maximum absolute atomic E-state index is 14.1. The summed E-state index contributed by atoms with van der Waals surface area (Å²) in [5.74, 6) is -3.07. The Morgan fingerprint density at radius 2 is 0.714 bits per heavy atom. The Morgan fingerprint density at radius 1 is 0.473 bits per heavy atom. The number of aromatic nitrogens is 3. The molecule has 2 amide bonds. The van der Waals surface area contributed by atoms with Crippen LogP contribution in [-0.2, 0) is 80.0 Å². The molecule has 0 aliphatic carbocycles. The molecule has 0 unspecified atom stereocenters. The quantitative estimate of drug-likeness (QED) is 0.0399. The Balaban J connectivity index is 0.000000332. The topological polar surface area (TPSA) is 283 Å². The molecule has 506 valence electrons. The summed E-state index contributed by atoms with van der Waals surface area (Å²) >= 11 is 3.14. The van der Waals surface area contributed by atoms with Crippen molar-refractivity contribution >= 4 is 81.9 Å². The molecule has 6 N–H and O–H groups in total. The van der Waals surface area contributed by atoms with E-state index in [0.29, 0.717) is 38.3 Å². The van der Waals surface area contributed by atoms with Crippen LogP contribution in [0.3, 0.4) is 0 Å². The van der Waals surface area contributed by atoms with Gasteiger partial charge in [0.25, 0.3) is 30.1 Å². The summed E-state index contributed by atoms with van der Waals surface area (Å²) in [5.41, 5.74) is 5.64. The summed E-state index contributed by atoms with van der Waals surface area (Å²) in [7, 11) is -11.9. The molecule has 0 radical (unpaired) electrons. The van der Waals surface area contributed by atoms with Crippen LogP contribution in [-0.4, -0.2) is 74.8 Å². The van der Waals surface area contributed by atoms with E-state index in [1.807, 2.05) is 118 Å². The number of nitrogens with zero attached hydrogens (tertiary/aromatic N) is 3. The molecule has 26 heteroatoms. The number of nitrogens with two attached hydrogens (primary N) is 1. The summed E-state index contributed by atoms with van der Waals surface area (Å²) in [6.07, 6.45) is 5.95. The van der Waals surface area contributed by atoms with Crippen LogP contribution in [0.5, 0.6) is 0 Å². The fourth-order valence-corrected chi connectivity index (χ4v) is 15.5. The van der Waals surface area contributed by atoms with Crippen molar-refractivity contribution in [3.8, 4) is 0 Å². The molecule has 0 bridgehead atoms. The zero-order valence-electron chi connectivity index (χ0n) is 56.0. The van der Waals surface area contributed by atoms with Gasteiger partial charge in [-0.15, -0.1) is 34.0 Å². The lowest BCUT2D eigenvalue weighted by Crippen LogP contribution is -2.32. The van der Waals surface area contributed by atoms with Gasteiger partial charge >= 0.3 is 5.97 Å². The van der Waals surface area contributed by atoms with Gasteiger partial charge in [0, 0.05) is 49.5 Å². The van der Waals surface area contributed by atoms with Gasteiger partial charge in [-0.2, -0.15) is 16.8 Å². The summed E-state index contributed by atoms with van der Waals surface area (Å²) in [5, 5.41) is 23.4. The number of carbonyl (C=O) groups excluding carboxylic acids is 2. The highest BCUT2D eigenvalue weighted by Crippen LogP contribution is 2.37. The lowest BCUT2D eigenvalue weighted by atomic mass is 9.87. The normalized spacial score (nSPS) is 12.4. The van der Waals surface area contributed by atoms with E-state index in [-0.39, 0.29) is 103 Å². The van der Waals surface area contributed by atoms with Gasteiger partial charge in [-0.25, -0.2) is 51.1 Å². The van der Waals surface area contributed by atoms with E-state index >= 15 is 0 Å². The number of aliphatic carboxylic acids is 1. The third kappa shape index (κ3) is 22.3. The largest absolute Gasteiger partial charge is 0.481 e. The molecule has 0 fully saturated rings. The van der Waals surface area contributed by atoms with Crippen molar-refractivity contribution in [2.75, 3.05) is 6.61 Å². The minimum atomic E-state index is -4.15. The zero-order chi connectivity index (χ0) is 69.9. The summed E-state index contributed by atoms with van der Waals surface area (Å²) in [6, 6.07) is 8.56. The van der Waals surface area contributed by atoms with Gasteiger partial charge in [-0.3, -0.25) is 14.4 Å². The summed E-state index contributed by atoms with van der Waals surface area (Å²) in [4.78, 5) is 50.4. The number of carboxylic acid groups (broad SMARTS) is 1. The Bertz CT molecular complexity index is 3600. The zero-order valence-corrected chi connectivity index (χ0v) is 60.9. The van der Waals surface area contributed by atoms with E-state index in [9.17, 15) is 57.9 Å².